The summed E-state index contributed by atoms with van der Waals surface area (Å²) in [6.45, 7) is 0. The molecule has 1 rings (SSSR count). The Bertz CT molecular complexity index is 438. The summed E-state index contributed by atoms with van der Waals surface area (Å²) in [7, 11) is -0.986. The molecule has 0 aliphatic rings. The van der Waals surface area contributed by atoms with Gasteiger partial charge >= 0.3 is 7.60 Å². The van der Waals surface area contributed by atoms with Crippen molar-refractivity contribution in [2.45, 2.75) is 6.42 Å². The second-order valence-corrected chi connectivity index (χ2v) is 6.34. The summed E-state index contributed by atoms with van der Waals surface area (Å²) in [5.41, 5.74) is 0.820. The predicted octanol–water partition coefficient (Wildman–Crippen LogP) is 3.27. The minimum absolute atomic E-state index is 0.0233. The van der Waals surface area contributed by atoms with Crippen LogP contribution in [0.1, 0.15) is 5.56 Å². The van der Waals surface area contributed by atoms with Crippen LogP contribution in [-0.2, 0) is 20.0 Å². The van der Waals surface area contributed by atoms with Crippen LogP contribution >= 0.6 is 23.5 Å². The topological polar surface area (TPSA) is 68.1 Å². The lowest BCUT2D eigenvalue weighted by Gasteiger charge is -2.14. The summed E-state index contributed by atoms with van der Waals surface area (Å²) in [4.78, 5) is 0. The molecule has 0 saturated carbocycles. The predicted molar refractivity (Wildman–Crippen MR) is 68.7 cm³/mol. The van der Waals surface area contributed by atoms with Crippen molar-refractivity contribution < 1.29 is 18.8 Å². The smallest absolute Gasteiger partial charge is 0.378 e. The van der Waals surface area contributed by atoms with Gasteiger partial charge in [0.25, 0.3) is 0 Å². The maximum absolute atomic E-state index is 12.0. The van der Waals surface area contributed by atoms with Gasteiger partial charge in [-0.2, -0.15) is 0 Å². The second kappa shape index (κ2) is 6.31. The highest BCUT2D eigenvalue weighted by Gasteiger charge is 2.30. The zero-order valence-corrected chi connectivity index (χ0v) is 11.9. The van der Waals surface area contributed by atoms with Gasteiger partial charge < -0.3 is 14.3 Å². The van der Waals surface area contributed by atoms with Gasteiger partial charge in [-0.3, -0.25) is 4.57 Å². The minimum atomic E-state index is -3.48. The van der Waals surface area contributed by atoms with Crippen LogP contribution in [0.15, 0.2) is 33.9 Å². The van der Waals surface area contributed by atoms with Crippen molar-refractivity contribution in [3.8, 4) is 0 Å². The largest absolute Gasteiger partial charge is 0.410 e. The Labute approximate surface area is 108 Å². The highest BCUT2D eigenvalue weighted by molar-refractivity contribution is 9.10. The van der Waals surface area contributed by atoms with Crippen LogP contribution in [0.4, 0.5) is 0 Å². The monoisotopic (exact) mass is 321 g/mol. The molecule has 0 amide bonds. The molecule has 94 valence electrons. The van der Waals surface area contributed by atoms with Crippen molar-refractivity contribution in [1.29, 1.82) is 0 Å². The van der Waals surface area contributed by atoms with Gasteiger partial charge in [-0.15, -0.1) is 0 Å². The van der Waals surface area contributed by atoms with Gasteiger partial charge in [0.15, 0.2) is 5.45 Å². The first kappa shape index (κ1) is 14.4. The van der Waals surface area contributed by atoms with Crippen LogP contribution < -0.4 is 0 Å². The summed E-state index contributed by atoms with van der Waals surface area (Å²) in [6, 6.07) is 7.33. The van der Waals surface area contributed by atoms with Crippen molar-refractivity contribution in [3.63, 3.8) is 0 Å². The molecular formula is C10H13BrNO4P. The number of benzene rings is 1. The molecule has 17 heavy (non-hydrogen) atoms. The van der Waals surface area contributed by atoms with Gasteiger partial charge in [-0.1, -0.05) is 33.2 Å². The molecule has 1 N–H and O–H groups in total. The normalized spacial score (nSPS) is 12.8. The van der Waals surface area contributed by atoms with Crippen molar-refractivity contribution >= 4 is 29.0 Å². The maximum Gasteiger partial charge on any atom is 0.378 e. The molecule has 0 fully saturated rings. The molecule has 5 nitrogen and oxygen atoms in total. The average Bonchev–Trinajstić information content (AvgIpc) is 2.37. The zero-order valence-electron chi connectivity index (χ0n) is 9.46. The Balaban J connectivity index is 2.92. The van der Waals surface area contributed by atoms with E-state index in [1.807, 2.05) is 24.3 Å². The van der Waals surface area contributed by atoms with E-state index in [4.69, 9.17) is 14.3 Å². The first-order valence-electron chi connectivity index (χ1n) is 4.73. The highest BCUT2D eigenvalue weighted by atomic mass is 79.9. The lowest BCUT2D eigenvalue weighted by molar-refractivity contribution is 0.283. The standard InChI is InChI=1S/C10H13BrNO4P/c1-15-17(14,16-2)10(12-13)7-8-3-5-9(11)6-4-8/h3-6,13H,7H2,1-2H3/b12-10+. The number of nitrogens with zero attached hydrogens (tertiary/aromatic N) is 1. The quantitative estimate of drug-likeness (QED) is 0.391. The second-order valence-electron chi connectivity index (χ2n) is 3.18. The summed E-state index contributed by atoms with van der Waals surface area (Å²) in [5.74, 6) is 0. The van der Waals surface area contributed by atoms with E-state index in [0.29, 0.717) is 0 Å². The Hall–Kier alpha value is -0.680. The van der Waals surface area contributed by atoms with E-state index in [-0.39, 0.29) is 11.9 Å². The summed E-state index contributed by atoms with van der Waals surface area (Å²) >= 11 is 3.31. The van der Waals surface area contributed by atoms with Crippen molar-refractivity contribution in [1.82, 2.24) is 0 Å². The van der Waals surface area contributed by atoms with E-state index >= 15 is 0 Å². The molecule has 1 aromatic rings. The number of halogens is 1. The first-order valence-corrected chi connectivity index (χ1v) is 7.06. The Morgan fingerprint density at radius 2 is 1.88 bits per heavy atom. The fourth-order valence-corrected chi connectivity index (χ4v) is 2.58. The fraction of sp³-hybridized carbons (Fsp3) is 0.300. The fourth-order valence-electron chi connectivity index (χ4n) is 1.26. The van der Waals surface area contributed by atoms with E-state index < -0.39 is 7.60 Å². The highest BCUT2D eigenvalue weighted by Crippen LogP contribution is 2.48. The summed E-state index contributed by atoms with van der Waals surface area (Å²) in [5, 5.41) is 11.9. The Morgan fingerprint density at radius 1 is 1.35 bits per heavy atom. The molecule has 0 aromatic heterocycles. The van der Waals surface area contributed by atoms with Crippen LogP contribution in [0.3, 0.4) is 0 Å². The van der Waals surface area contributed by atoms with Crippen LogP contribution in [0.2, 0.25) is 0 Å². The lowest BCUT2D eigenvalue weighted by atomic mass is 10.2. The third-order valence-corrected chi connectivity index (χ3v) is 4.56. The lowest BCUT2D eigenvalue weighted by Crippen LogP contribution is -2.07. The molecule has 0 aliphatic carbocycles. The van der Waals surface area contributed by atoms with Crippen molar-refractivity contribution in [2.75, 3.05) is 14.2 Å². The SMILES string of the molecule is COP(=O)(OC)/C(Cc1ccc(Br)cc1)=N/O. The van der Waals surface area contributed by atoms with E-state index in [1.165, 1.54) is 14.2 Å². The molecule has 0 bridgehead atoms. The molecule has 0 aliphatic heterocycles. The van der Waals surface area contributed by atoms with Crippen LogP contribution in [-0.4, -0.2) is 24.9 Å². The van der Waals surface area contributed by atoms with Crippen LogP contribution in [0.5, 0.6) is 0 Å². The van der Waals surface area contributed by atoms with Crippen LogP contribution in [0.25, 0.3) is 0 Å². The molecule has 0 saturated heterocycles. The molecule has 0 unspecified atom stereocenters. The van der Waals surface area contributed by atoms with E-state index in [0.717, 1.165) is 10.0 Å². The molecule has 0 atom stereocenters. The molecule has 1 aromatic carbocycles. The van der Waals surface area contributed by atoms with Crippen LogP contribution in [0, 0.1) is 0 Å². The number of hydrogen-bond acceptors (Lipinski definition) is 5. The number of rotatable bonds is 5. The van der Waals surface area contributed by atoms with Gasteiger partial charge in [0, 0.05) is 25.1 Å². The van der Waals surface area contributed by atoms with Crippen molar-refractivity contribution in [3.05, 3.63) is 34.3 Å². The van der Waals surface area contributed by atoms with E-state index in [2.05, 4.69) is 21.1 Å². The Kier molecular flexibility index (Phi) is 5.33. The van der Waals surface area contributed by atoms with Gasteiger partial charge in [-0.25, -0.2) is 0 Å². The minimum Gasteiger partial charge on any atom is -0.410 e. The molecule has 0 radical (unpaired) electrons. The average molecular weight is 322 g/mol. The third-order valence-electron chi connectivity index (χ3n) is 2.19. The van der Waals surface area contributed by atoms with Gasteiger partial charge in [0.1, 0.15) is 0 Å². The van der Waals surface area contributed by atoms with Gasteiger partial charge in [0.05, 0.1) is 0 Å². The molecular weight excluding hydrogens is 309 g/mol. The molecule has 0 heterocycles. The van der Waals surface area contributed by atoms with E-state index in [1.54, 1.807) is 0 Å². The molecule has 7 heteroatoms. The summed E-state index contributed by atoms with van der Waals surface area (Å²) < 4.78 is 22.5. The number of hydrogen-bond donors (Lipinski definition) is 1. The third kappa shape index (κ3) is 3.64. The first-order chi connectivity index (χ1) is 8.05. The maximum atomic E-state index is 12.0. The Morgan fingerprint density at radius 3 is 2.29 bits per heavy atom. The van der Waals surface area contributed by atoms with Crippen molar-refractivity contribution in [2.24, 2.45) is 5.16 Å². The number of oxime groups is 1. The molecule has 0 spiro atoms. The van der Waals surface area contributed by atoms with Gasteiger partial charge in [-0.05, 0) is 17.7 Å². The van der Waals surface area contributed by atoms with Gasteiger partial charge in [0.2, 0.25) is 0 Å². The summed E-state index contributed by atoms with van der Waals surface area (Å²) in [6.07, 6.45) is 0.197. The van der Waals surface area contributed by atoms with E-state index in [9.17, 15) is 4.57 Å². The zero-order chi connectivity index (χ0) is 12.9.